The molecule has 0 radical (unpaired) electrons. The summed E-state index contributed by atoms with van der Waals surface area (Å²) >= 11 is 0. The highest BCUT2D eigenvalue weighted by Crippen LogP contribution is 2.31. The predicted molar refractivity (Wildman–Crippen MR) is 78.7 cm³/mol. The van der Waals surface area contributed by atoms with Gasteiger partial charge in [0.2, 0.25) is 0 Å². The lowest BCUT2D eigenvalue weighted by molar-refractivity contribution is 0.105. The summed E-state index contributed by atoms with van der Waals surface area (Å²) in [5.74, 6) is 1.77. The third-order valence-electron chi connectivity index (χ3n) is 5.32. The fourth-order valence-corrected chi connectivity index (χ4v) is 3.13. The highest BCUT2D eigenvalue weighted by Gasteiger charge is 2.28. The molecule has 0 saturated heterocycles. The van der Waals surface area contributed by atoms with Crippen molar-refractivity contribution in [3.05, 3.63) is 0 Å². The molecule has 1 saturated carbocycles. The molecule has 0 aromatic carbocycles. The van der Waals surface area contributed by atoms with Gasteiger partial charge in [0, 0.05) is 24.6 Å². The van der Waals surface area contributed by atoms with Crippen LogP contribution in [0, 0.1) is 17.3 Å². The van der Waals surface area contributed by atoms with Crippen LogP contribution in [0.2, 0.25) is 0 Å². The largest absolute Gasteiger partial charge is 0.396 e. The number of aliphatic hydroxyl groups excluding tert-OH is 1. The molecule has 0 aromatic heterocycles. The van der Waals surface area contributed by atoms with Gasteiger partial charge in [-0.1, -0.05) is 27.7 Å². The number of hydrogen-bond acceptors (Lipinski definition) is 2. The van der Waals surface area contributed by atoms with Crippen molar-refractivity contribution in [3.8, 4) is 0 Å². The minimum Gasteiger partial charge on any atom is -0.396 e. The van der Waals surface area contributed by atoms with Crippen molar-refractivity contribution in [2.45, 2.75) is 72.3 Å². The lowest BCUT2D eigenvalue weighted by Crippen LogP contribution is -2.43. The first-order chi connectivity index (χ1) is 8.56. The van der Waals surface area contributed by atoms with E-state index in [1.165, 1.54) is 25.7 Å². The van der Waals surface area contributed by atoms with Gasteiger partial charge < -0.3 is 10.4 Å². The molecule has 18 heavy (non-hydrogen) atoms. The summed E-state index contributed by atoms with van der Waals surface area (Å²) in [5, 5.41) is 13.3. The first-order valence-corrected chi connectivity index (χ1v) is 7.91. The smallest absolute Gasteiger partial charge is 0.0499 e. The molecule has 0 aliphatic heterocycles. The summed E-state index contributed by atoms with van der Waals surface area (Å²) in [6, 6.07) is 0.684. The van der Waals surface area contributed by atoms with Crippen molar-refractivity contribution >= 4 is 0 Å². The highest BCUT2D eigenvalue weighted by atomic mass is 16.3. The van der Waals surface area contributed by atoms with Crippen LogP contribution in [-0.4, -0.2) is 24.3 Å². The van der Waals surface area contributed by atoms with Gasteiger partial charge in [0.05, 0.1) is 0 Å². The van der Waals surface area contributed by atoms with Gasteiger partial charge in [0.15, 0.2) is 0 Å². The molecule has 1 rings (SSSR count). The van der Waals surface area contributed by atoms with E-state index in [9.17, 15) is 5.11 Å². The molecule has 108 valence electrons. The van der Waals surface area contributed by atoms with Crippen molar-refractivity contribution in [1.29, 1.82) is 0 Å². The van der Waals surface area contributed by atoms with E-state index >= 15 is 0 Å². The Kier molecular flexibility index (Phi) is 6.65. The molecular weight excluding hydrogens is 222 g/mol. The second kappa shape index (κ2) is 7.49. The summed E-state index contributed by atoms with van der Waals surface area (Å²) in [4.78, 5) is 0. The Balaban J connectivity index is 2.33. The molecule has 0 unspecified atom stereocenters. The van der Waals surface area contributed by atoms with Crippen molar-refractivity contribution < 1.29 is 5.11 Å². The standard InChI is InChI=1S/C16H33NO/c1-5-16(6-2,12-18)11-17-15-9-7-14(8-10-15)13(3)4/h13-15,17-18H,5-12H2,1-4H3. The van der Waals surface area contributed by atoms with Crippen LogP contribution in [0.3, 0.4) is 0 Å². The molecule has 2 heteroatoms. The molecule has 1 aliphatic rings. The summed E-state index contributed by atoms with van der Waals surface area (Å²) < 4.78 is 0. The van der Waals surface area contributed by atoms with Gasteiger partial charge >= 0.3 is 0 Å². The topological polar surface area (TPSA) is 32.3 Å². The number of rotatable bonds is 7. The van der Waals surface area contributed by atoms with Crippen LogP contribution in [0.4, 0.5) is 0 Å². The van der Waals surface area contributed by atoms with Gasteiger partial charge in [-0.2, -0.15) is 0 Å². The maximum atomic E-state index is 9.58. The van der Waals surface area contributed by atoms with Gasteiger partial charge in [-0.3, -0.25) is 0 Å². The zero-order chi connectivity index (χ0) is 13.6. The zero-order valence-electron chi connectivity index (χ0n) is 12.8. The van der Waals surface area contributed by atoms with Crippen LogP contribution < -0.4 is 5.32 Å². The van der Waals surface area contributed by atoms with Crippen molar-refractivity contribution in [2.75, 3.05) is 13.2 Å². The quantitative estimate of drug-likeness (QED) is 0.728. The minimum atomic E-state index is 0.106. The summed E-state index contributed by atoms with van der Waals surface area (Å²) in [5.41, 5.74) is 0.106. The Labute approximate surface area is 114 Å². The van der Waals surface area contributed by atoms with Crippen LogP contribution >= 0.6 is 0 Å². The number of aliphatic hydroxyl groups is 1. The summed E-state index contributed by atoms with van der Waals surface area (Å²) in [6.45, 7) is 10.4. The molecule has 0 heterocycles. The van der Waals surface area contributed by atoms with Gasteiger partial charge in [0.25, 0.3) is 0 Å². The minimum absolute atomic E-state index is 0.106. The molecule has 0 bridgehead atoms. The molecule has 1 aliphatic carbocycles. The molecule has 2 N–H and O–H groups in total. The molecule has 2 nitrogen and oxygen atoms in total. The lowest BCUT2D eigenvalue weighted by Gasteiger charge is -2.35. The predicted octanol–water partition coefficient (Wildman–Crippen LogP) is 3.59. The number of nitrogens with one attached hydrogen (secondary N) is 1. The fourth-order valence-electron chi connectivity index (χ4n) is 3.13. The second-order valence-electron chi connectivity index (χ2n) is 6.60. The van der Waals surface area contributed by atoms with E-state index in [2.05, 4.69) is 33.0 Å². The molecular formula is C16H33NO. The molecule has 0 spiro atoms. The average Bonchev–Trinajstić information content (AvgIpc) is 2.41. The van der Waals surface area contributed by atoms with E-state index in [1.54, 1.807) is 0 Å². The first kappa shape index (κ1) is 16.0. The third kappa shape index (κ3) is 4.24. The van der Waals surface area contributed by atoms with E-state index in [4.69, 9.17) is 0 Å². The maximum Gasteiger partial charge on any atom is 0.0499 e. The van der Waals surface area contributed by atoms with E-state index < -0.39 is 0 Å². The Bertz CT molecular complexity index is 207. The lowest BCUT2D eigenvalue weighted by atomic mass is 9.78. The first-order valence-electron chi connectivity index (χ1n) is 7.91. The van der Waals surface area contributed by atoms with Crippen molar-refractivity contribution in [1.82, 2.24) is 5.32 Å². The third-order valence-corrected chi connectivity index (χ3v) is 5.32. The molecule has 0 aromatic rings. The number of hydrogen-bond donors (Lipinski definition) is 2. The van der Waals surface area contributed by atoms with Crippen molar-refractivity contribution in [3.63, 3.8) is 0 Å². The van der Waals surface area contributed by atoms with Crippen LogP contribution in [0.1, 0.15) is 66.2 Å². The summed E-state index contributed by atoms with van der Waals surface area (Å²) in [6.07, 6.45) is 7.51. The monoisotopic (exact) mass is 255 g/mol. The van der Waals surface area contributed by atoms with Gasteiger partial charge in [0.1, 0.15) is 0 Å². The summed E-state index contributed by atoms with van der Waals surface area (Å²) in [7, 11) is 0. The van der Waals surface area contributed by atoms with Gasteiger partial charge in [-0.15, -0.1) is 0 Å². The maximum absolute atomic E-state index is 9.58. The zero-order valence-corrected chi connectivity index (χ0v) is 12.8. The van der Waals surface area contributed by atoms with Gasteiger partial charge in [-0.05, 0) is 50.4 Å². The fraction of sp³-hybridized carbons (Fsp3) is 1.00. The normalized spacial score (nSPS) is 25.7. The highest BCUT2D eigenvalue weighted by molar-refractivity contribution is 4.83. The Morgan fingerprint density at radius 1 is 1.11 bits per heavy atom. The Morgan fingerprint density at radius 2 is 1.67 bits per heavy atom. The van der Waals surface area contributed by atoms with Crippen LogP contribution in [0.5, 0.6) is 0 Å². The SMILES string of the molecule is CCC(CC)(CO)CNC1CCC(C(C)C)CC1. The van der Waals surface area contributed by atoms with Crippen LogP contribution in [-0.2, 0) is 0 Å². The Morgan fingerprint density at radius 3 is 2.06 bits per heavy atom. The second-order valence-corrected chi connectivity index (χ2v) is 6.60. The van der Waals surface area contributed by atoms with Crippen LogP contribution in [0.15, 0.2) is 0 Å². The van der Waals surface area contributed by atoms with E-state index in [-0.39, 0.29) is 5.41 Å². The molecule has 0 amide bonds. The van der Waals surface area contributed by atoms with E-state index in [0.717, 1.165) is 31.2 Å². The molecule has 0 atom stereocenters. The average molecular weight is 255 g/mol. The van der Waals surface area contributed by atoms with E-state index in [1.807, 2.05) is 0 Å². The van der Waals surface area contributed by atoms with E-state index in [0.29, 0.717) is 12.6 Å². The molecule has 1 fully saturated rings. The van der Waals surface area contributed by atoms with Crippen LogP contribution in [0.25, 0.3) is 0 Å². The van der Waals surface area contributed by atoms with Crippen molar-refractivity contribution in [2.24, 2.45) is 17.3 Å². The Hall–Kier alpha value is -0.0800. The van der Waals surface area contributed by atoms with Gasteiger partial charge in [-0.25, -0.2) is 0 Å².